The van der Waals surface area contributed by atoms with Crippen molar-refractivity contribution in [2.24, 2.45) is 5.92 Å². The van der Waals surface area contributed by atoms with Gasteiger partial charge in [0.2, 0.25) is 0 Å². The number of epoxide rings is 1. The highest BCUT2D eigenvalue weighted by atomic mass is 16.7. The summed E-state index contributed by atoms with van der Waals surface area (Å²) in [5, 5.41) is 0. The third kappa shape index (κ3) is 6.20. The van der Waals surface area contributed by atoms with Gasteiger partial charge in [-0.25, -0.2) is 0 Å². The Hall–Kier alpha value is -3.03. The van der Waals surface area contributed by atoms with Crippen LogP contribution in [0.25, 0.3) is 0 Å². The standard InChI is InChI=1S/C30H32O6/c1-21(31)35-30-28(34-19-24-15-9-4-10-16-24)26(33-18-23-13-7-3-8-14-23)25(27-29(30)36-27)20-32-17-22-11-5-2-6-12-22/h2-16,25-30H,17-20H2,1H3/t25-,26-,27-,28+,29-,30+/m1/s1. The van der Waals surface area contributed by atoms with Crippen LogP contribution in [0.4, 0.5) is 0 Å². The number of ether oxygens (including phenoxy) is 5. The Labute approximate surface area is 212 Å². The average Bonchev–Trinajstić information content (AvgIpc) is 3.71. The summed E-state index contributed by atoms with van der Waals surface area (Å²) >= 11 is 0. The molecule has 1 aliphatic heterocycles. The third-order valence-electron chi connectivity index (χ3n) is 6.67. The molecule has 1 saturated carbocycles. The summed E-state index contributed by atoms with van der Waals surface area (Å²) in [5.74, 6) is -0.418. The minimum absolute atomic E-state index is 0.0602. The van der Waals surface area contributed by atoms with E-state index in [1.54, 1.807) is 0 Å². The summed E-state index contributed by atoms with van der Waals surface area (Å²) in [7, 11) is 0. The summed E-state index contributed by atoms with van der Waals surface area (Å²) in [5.41, 5.74) is 3.21. The number of esters is 1. The maximum absolute atomic E-state index is 12.0. The number of hydrogen-bond acceptors (Lipinski definition) is 6. The second-order valence-electron chi connectivity index (χ2n) is 9.33. The number of benzene rings is 3. The van der Waals surface area contributed by atoms with Crippen LogP contribution >= 0.6 is 0 Å². The van der Waals surface area contributed by atoms with Crippen molar-refractivity contribution in [1.82, 2.24) is 0 Å². The molecule has 1 heterocycles. The van der Waals surface area contributed by atoms with Gasteiger partial charge in [-0.15, -0.1) is 0 Å². The Morgan fingerprint density at radius 1 is 0.667 bits per heavy atom. The lowest BCUT2D eigenvalue weighted by Gasteiger charge is -2.39. The molecule has 6 nitrogen and oxygen atoms in total. The highest BCUT2D eigenvalue weighted by Gasteiger charge is 2.63. The van der Waals surface area contributed by atoms with Gasteiger partial charge >= 0.3 is 5.97 Å². The molecule has 188 valence electrons. The molecule has 0 N–H and O–H groups in total. The zero-order valence-corrected chi connectivity index (χ0v) is 20.4. The maximum atomic E-state index is 12.0. The summed E-state index contributed by atoms with van der Waals surface area (Å²) in [4.78, 5) is 12.0. The van der Waals surface area contributed by atoms with Crippen molar-refractivity contribution in [3.05, 3.63) is 108 Å². The van der Waals surface area contributed by atoms with E-state index in [4.69, 9.17) is 23.7 Å². The van der Waals surface area contributed by atoms with E-state index in [9.17, 15) is 4.79 Å². The van der Waals surface area contributed by atoms with Gasteiger partial charge in [0.05, 0.1) is 38.6 Å². The smallest absolute Gasteiger partial charge is 0.303 e. The summed E-state index contributed by atoms with van der Waals surface area (Å²) in [6, 6.07) is 30.1. The fraction of sp³-hybridized carbons (Fsp3) is 0.367. The Balaban J connectivity index is 1.35. The zero-order chi connectivity index (χ0) is 24.7. The van der Waals surface area contributed by atoms with Crippen molar-refractivity contribution < 1.29 is 28.5 Å². The van der Waals surface area contributed by atoms with Gasteiger partial charge in [-0.05, 0) is 16.7 Å². The minimum atomic E-state index is -0.539. The SMILES string of the molecule is CC(=O)O[C@H]1[C@@H](OCc2ccccc2)[C@H](OCc2ccccc2)[C@@H](COCc2ccccc2)[C@H]2O[C@@H]12. The van der Waals surface area contributed by atoms with Crippen molar-refractivity contribution in [2.45, 2.75) is 57.3 Å². The highest BCUT2D eigenvalue weighted by molar-refractivity contribution is 5.66. The van der Waals surface area contributed by atoms with Gasteiger partial charge in [0.25, 0.3) is 0 Å². The number of carbonyl (C=O) groups is 1. The molecule has 0 amide bonds. The number of fused-ring (bicyclic) bond motifs is 1. The van der Waals surface area contributed by atoms with Crippen molar-refractivity contribution in [3.63, 3.8) is 0 Å². The van der Waals surface area contributed by atoms with Crippen LogP contribution in [0.15, 0.2) is 91.0 Å². The van der Waals surface area contributed by atoms with Gasteiger partial charge in [-0.1, -0.05) is 91.0 Å². The number of hydrogen-bond donors (Lipinski definition) is 0. The van der Waals surface area contributed by atoms with Gasteiger partial charge in [-0.3, -0.25) is 4.79 Å². The van der Waals surface area contributed by atoms with Crippen LogP contribution in [0.1, 0.15) is 23.6 Å². The van der Waals surface area contributed by atoms with Crippen LogP contribution in [0, 0.1) is 5.92 Å². The van der Waals surface area contributed by atoms with E-state index in [0.29, 0.717) is 26.4 Å². The van der Waals surface area contributed by atoms with Crippen LogP contribution in [0.2, 0.25) is 0 Å². The van der Waals surface area contributed by atoms with Crippen LogP contribution in [0.5, 0.6) is 0 Å². The molecule has 0 unspecified atom stereocenters. The van der Waals surface area contributed by atoms with E-state index in [0.717, 1.165) is 16.7 Å². The average molecular weight is 489 g/mol. The van der Waals surface area contributed by atoms with Crippen LogP contribution < -0.4 is 0 Å². The van der Waals surface area contributed by atoms with Gasteiger partial charge in [0.1, 0.15) is 12.2 Å². The topological polar surface area (TPSA) is 66.5 Å². The summed E-state index contributed by atoms with van der Waals surface area (Å²) in [6.07, 6.45) is -1.74. The molecule has 6 atom stereocenters. The first-order valence-corrected chi connectivity index (χ1v) is 12.4. The van der Waals surface area contributed by atoms with Crippen molar-refractivity contribution in [1.29, 1.82) is 0 Å². The molecule has 5 rings (SSSR count). The van der Waals surface area contributed by atoms with E-state index in [1.807, 2.05) is 91.0 Å². The summed E-state index contributed by atoms with van der Waals surface area (Å²) < 4.78 is 30.9. The normalized spacial score (nSPS) is 26.7. The third-order valence-corrected chi connectivity index (χ3v) is 6.67. The molecular formula is C30H32O6. The second kappa shape index (κ2) is 11.8. The maximum Gasteiger partial charge on any atom is 0.303 e. The molecule has 3 aromatic rings. The Bertz CT molecular complexity index is 1090. The van der Waals surface area contributed by atoms with Crippen molar-refractivity contribution in [3.8, 4) is 0 Å². The van der Waals surface area contributed by atoms with Crippen LogP contribution in [-0.2, 0) is 48.3 Å². The van der Waals surface area contributed by atoms with Gasteiger partial charge in [0.15, 0.2) is 6.10 Å². The van der Waals surface area contributed by atoms with Gasteiger partial charge < -0.3 is 23.7 Å². The molecular weight excluding hydrogens is 456 g/mol. The molecule has 1 saturated heterocycles. The van der Waals surface area contributed by atoms with E-state index < -0.39 is 12.2 Å². The fourth-order valence-electron chi connectivity index (χ4n) is 4.89. The van der Waals surface area contributed by atoms with Crippen LogP contribution in [-0.4, -0.2) is 43.1 Å². The van der Waals surface area contributed by atoms with Gasteiger partial charge in [-0.2, -0.15) is 0 Å². The molecule has 0 spiro atoms. The first kappa shape index (κ1) is 24.7. The largest absolute Gasteiger partial charge is 0.457 e. The Morgan fingerprint density at radius 3 is 1.69 bits per heavy atom. The van der Waals surface area contributed by atoms with Crippen molar-refractivity contribution in [2.75, 3.05) is 6.61 Å². The molecule has 2 aliphatic rings. The van der Waals surface area contributed by atoms with Crippen LogP contribution in [0.3, 0.4) is 0 Å². The first-order valence-electron chi connectivity index (χ1n) is 12.4. The Morgan fingerprint density at radius 2 is 1.17 bits per heavy atom. The van der Waals surface area contributed by atoms with Crippen molar-refractivity contribution >= 4 is 5.97 Å². The molecule has 6 heteroatoms. The first-order chi connectivity index (χ1) is 17.7. The van der Waals surface area contributed by atoms with E-state index in [1.165, 1.54) is 6.92 Å². The lowest BCUT2D eigenvalue weighted by Crippen LogP contribution is -2.56. The predicted molar refractivity (Wildman–Crippen MR) is 134 cm³/mol. The molecule has 0 aromatic heterocycles. The quantitative estimate of drug-likeness (QED) is 0.288. The van der Waals surface area contributed by atoms with E-state index >= 15 is 0 Å². The molecule has 36 heavy (non-hydrogen) atoms. The lowest BCUT2D eigenvalue weighted by atomic mass is 9.82. The minimum Gasteiger partial charge on any atom is -0.457 e. The number of carbonyl (C=O) groups excluding carboxylic acids is 1. The van der Waals surface area contributed by atoms with E-state index in [2.05, 4.69) is 0 Å². The lowest BCUT2D eigenvalue weighted by molar-refractivity contribution is -0.189. The highest BCUT2D eigenvalue weighted by Crippen LogP contribution is 2.45. The Kier molecular flexibility index (Phi) is 8.08. The molecule has 2 fully saturated rings. The number of rotatable bonds is 11. The van der Waals surface area contributed by atoms with E-state index in [-0.39, 0.29) is 30.2 Å². The predicted octanol–water partition coefficient (Wildman–Crippen LogP) is 4.70. The monoisotopic (exact) mass is 488 g/mol. The second-order valence-corrected chi connectivity index (χ2v) is 9.33. The molecule has 0 radical (unpaired) electrons. The molecule has 3 aromatic carbocycles. The zero-order valence-electron chi connectivity index (χ0n) is 20.4. The summed E-state index contributed by atoms with van der Waals surface area (Å²) in [6.45, 7) is 3.16. The van der Waals surface area contributed by atoms with Gasteiger partial charge in [0, 0.05) is 12.8 Å². The molecule has 1 aliphatic carbocycles. The fourth-order valence-corrected chi connectivity index (χ4v) is 4.89. The molecule has 0 bridgehead atoms.